The van der Waals surface area contributed by atoms with Crippen molar-refractivity contribution in [1.82, 2.24) is 0 Å². The molecule has 0 radical (unpaired) electrons. The maximum Gasteiger partial charge on any atom is 0.128 e. The van der Waals surface area contributed by atoms with Crippen molar-refractivity contribution in [3.8, 4) is 11.5 Å². The number of ether oxygens (including phenoxy) is 2. The van der Waals surface area contributed by atoms with Gasteiger partial charge in [-0.2, -0.15) is 0 Å². The number of hydrogen-bond donors (Lipinski definition) is 1. The van der Waals surface area contributed by atoms with Gasteiger partial charge in [-0.25, -0.2) is 0 Å². The molecule has 0 aliphatic heterocycles. The van der Waals surface area contributed by atoms with Gasteiger partial charge in [0, 0.05) is 22.1 Å². The Balaban J connectivity index is 2.16. The summed E-state index contributed by atoms with van der Waals surface area (Å²) in [5.41, 5.74) is 8.05. The molecule has 0 bridgehead atoms. The SMILES string of the molecule is COc1ccc([C@@H](C)N)c(OCc2ccc(Br)cc2)c1. The van der Waals surface area contributed by atoms with E-state index in [1.165, 1.54) is 0 Å². The average molecular weight is 336 g/mol. The molecule has 2 N–H and O–H groups in total. The van der Waals surface area contributed by atoms with Gasteiger partial charge in [-0.3, -0.25) is 0 Å². The molecule has 2 aromatic rings. The van der Waals surface area contributed by atoms with Gasteiger partial charge in [-0.05, 0) is 30.7 Å². The fourth-order valence-electron chi connectivity index (χ4n) is 1.88. The molecule has 0 fully saturated rings. The zero-order valence-corrected chi connectivity index (χ0v) is 13.2. The Bertz CT molecular complexity index is 567. The van der Waals surface area contributed by atoms with Gasteiger partial charge in [0.25, 0.3) is 0 Å². The largest absolute Gasteiger partial charge is 0.497 e. The molecule has 0 saturated heterocycles. The highest BCUT2D eigenvalue weighted by Crippen LogP contribution is 2.29. The summed E-state index contributed by atoms with van der Waals surface area (Å²) in [4.78, 5) is 0. The molecule has 0 saturated carbocycles. The molecule has 4 heteroatoms. The Morgan fingerprint density at radius 2 is 1.85 bits per heavy atom. The maximum atomic E-state index is 5.97. The van der Waals surface area contributed by atoms with Gasteiger partial charge in [-0.15, -0.1) is 0 Å². The zero-order valence-electron chi connectivity index (χ0n) is 11.6. The average Bonchev–Trinajstić information content (AvgIpc) is 2.46. The number of nitrogens with two attached hydrogens (primary N) is 1. The second-order valence-electron chi connectivity index (χ2n) is 4.61. The van der Waals surface area contributed by atoms with Crippen LogP contribution < -0.4 is 15.2 Å². The lowest BCUT2D eigenvalue weighted by atomic mass is 10.1. The van der Waals surface area contributed by atoms with Crippen LogP contribution >= 0.6 is 15.9 Å². The maximum absolute atomic E-state index is 5.97. The Kier molecular flexibility index (Phi) is 5.04. The van der Waals surface area contributed by atoms with Gasteiger partial charge in [0.05, 0.1) is 7.11 Å². The van der Waals surface area contributed by atoms with Gasteiger partial charge < -0.3 is 15.2 Å². The van der Waals surface area contributed by atoms with Crippen molar-refractivity contribution in [3.63, 3.8) is 0 Å². The Labute approximate surface area is 127 Å². The summed E-state index contributed by atoms with van der Waals surface area (Å²) in [6, 6.07) is 13.7. The third-order valence-electron chi connectivity index (χ3n) is 3.02. The van der Waals surface area contributed by atoms with Crippen LogP contribution in [0.1, 0.15) is 24.1 Å². The van der Waals surface area contributed by atoms with E-state index in [4.69, 9.17) is 15.2 Å². The molecule has 0 unspecified atom stereocenters. The van der Waals surface area contributed by atoms with Crippen molar-refractivity contribution in [1.29, 1.82) is 0 Å². The van der Waals surface area contributed by atoms with Crippen molar-refractivity contribution in [2.75, 3.05) is 7.11 Å². The highest BCUT2D eigenvalue weighted by Gasteiger charge is 2.10. The van der Waals surface area contributed by atoms with E-state index in [0.717, 1.165) is 27.1 Å². The Morgan fingerprint density at radius 1 is 1.15 bits per heavy atom. The molecular weight excluding hydrogens is 318 g/mol. The Hall–Kier alpha value is -1.52. The van der Waals surface area contributed by atoms with Crippen molar-refractivity contribution in [2.45, 2.75) is 19.6 Å². The lowest BCUT2D eigenvalue weighted by Crippen LogP contribution is -2.08. The van der Waals surface area contributed by atoms with E-state index in [9.17, 15) is 0 Å². The van der Waals surface area contributed by atoms with Crippen LogP contribution in [0.3, 0.4) is 0 Å². The Morgan fingerprint density at radius 3 is 2.45 bits per heavy atom. The summed E-state index contributed by atoms with van der Waals surface area (Å²) < 4.78 is 12.2. The van der Waals surface area contributed by atoms with E-state index < -0.39 is 0 Å². The monoisotopic (exact) mass is 335 g/mol. The molecule has 3 nitrogen and oxygen atoms in total. The predicted molar refractivity (Wildman–Crippen MR) is 84.1 cm³/mol. The lowest BCUT2D eigenvalue weighted by molar-refractivity contribution is 0.299. The molecule has 1 atom stereocenters. The molecule has 0 aromatic heterocycles. The zero-order chi connectivity index (χ0) is 14.5. The van der Waals surface area contributed by atoms with E-state index in [0.29, 0.717) is 6.61 Å². The van der Waals surface area contributed by atoms with Crippen LogP contribution in [0.25, 0.3) is 0 Å². The molecule has 2 rings (SSSR count). The molecule has 0 amide bonds. The minimum Gasteiger partial charge on any atom is -0.497 e. The van der Waals surface area contributed by atoms with Crippen molar-refractivity contribution in [3.05, 3.63) is 58.1 Å². The van der Waals surface area contributed by atoms with E-state index in [1.807, 2.05) is 49.4 Å². The normalized spacial score (nSPS) is 12.0. The molecule has 0 spiro atoms. The van der Waals surface area contributed by atoms with Crippen LogP contribution in [-0.4, -0.2) is 7.11 Å². The van der Waals surface area contributed by atoms with Crippen molar-refractivity contribution in [2.24, 2.45) is 5.73 Å². The van der Waals surface area contributed by atoms with E-state index >= 15 is 0 Å². The fourth-order valence-corrected chi connectivity index (χ4v) is 2.15. The molecule has 0 heterocycles. The first-order valence-electron chi connectivity index (χ1n) is 6.41. The highest BCUT2D eigenvalue weighted by molar-refractivity contribution is 9.10. The minimum absolute atomic E-state index is 0.0826. The highest BCUT2D eigenvalue weighted by atomic mass is 79.9. The fraction of sp³-hybridized carbons (Fsp3) is 0.250. The number of halogens is 1. The van der Waals surface area contributed by atoms with Crippen LogP contribution in [0.5, 0.6) is 11.5 Å². The summed E-state index contributed by atoms with van der Waals surface area (Å²) in [6.45, 7) is 2.44. The summed E-state index contributed by atoms with van der Waals surface area (Å²) in [6.07, 6.45) is 0. The second-order valence-corrected chi connectivity index (χ2v) is 5.52. The van der Waals surface area contributed by atoms with E-state index in [1.54, 1.807) is 7.11 Å². The summed E-state index contributed by atoms with van der Waals surface area (Å²) in [7, 11) is 1.64. The number of benzene rings is 2. The van der Waals surface area contributed by atoms with Gasteiger partial charge in [0.1, 0.15) is 18.1 Å². The summed E-state index contributed by atoms with van der Waals surface area (Å²) in [5, 5.41) is 0. The van der Waals surface area contributed by atoms with Crippen LogP contribution in [0.4, 0.5) is 0 Å². The van der Waals surface area contributed by atoms with E-state index in [-0.39, 0.29) is 6.04 Å². The smallest absolute Gasteiger partial charge is 0.128 e. The van der Waals surface area contributed by atoms with Crippen LogP contribution in [0, 0.1) is 0 Å². The number of rotatable bonds is 5. The first kappa shape index (κ1) is 14.9. The number of hydrogen-bond acceptors (Lipinski definition) is 3. The van der Waals surface area contributed by atoms with E-state index in [2.05, 4.69) is 15.9 Å². The molecular formula is C16H18BrNO2. The van der Waals surface area contributed by atoms with Gasteiger partial charge in [-0.1, -0.05) is 34.1 Å². The van der Waals surface area contributed by atoms with Crippen LogP contribution in [0.15, 0.2) is 46.9 Å². The van der Waals surface area contributed by atoms with Gasteiger partial charge >= 0.3 is 0 Å². The first-order chi connectivity index (χ1) is 9.60. The summed E-state index contributed by atoms with van der Waals surface area (Å²) >= 11 is 3.42. The molecule has 106 valence electrons. The standard InChI is InChI=1S/C16H18BrNO2/c1-11(18)15-8-7-14(19-2)9-16(15)20-10-12-3-5-13(17)6-4-12/h3-9,11H,10,18H2,1-2H3/t11-/m1/s1. The molecule has 20 heavy (non-hydrogen) atoms. The third kappa shape index (κ3) is 3.74. The van der Waals surface area contributed by atoms with Crippen LogP contribution in [-0.2, 0) is 6.61 Å². The minimum atomic E-state index is -0.0826. The quantitative estimate of drug-likeness (QED) is 0.896. The first-order valence-corrected chi connectivity index (χ1v) is 7.20. The van der Waals surface area contributed by atoms with Crippen molar-refractivity contribution >= 4 is 15.9 Å². The van der Waals surface area contributed by atoms with Gasteiger partial charge in [0.15, 0.2) is 0 Å². The predicted octanol–water partition coefficient (Wildman–Crippen LogP) is 4.06. The van der Waals surface area contributed by atoms with Crippen molar-refractivity contribution < 1.29 is 9.47 Å². The third-order valence-corrected chi connectivity index (χ3v) is 3.55. The topological polar surface area (TPSA) is 44.5 Å². The number of methoxy groups -OCH3 is 1. The lowest BCUT2D eigenvalue weighted by Gasteiger charge is -2.15. The summed E-state index contributed by atoms with van der Waals surface area (Å²) in [5.74, 6) is 1.53. The molecule has 0 aliphatic carbocycles. The van der Waals surface area contributed by atoms with Crippen LogP contribution in [0.2, 0.25) is 0 Å². The molecule has 2 aromatic carbocycles. The van der Waals surface area contributed by atoms with Gasteiger partial charge in [0.2, 0.25) is 0 Å². The second kappa shape index (κ2) is 6.77. The molecule has 0 aliphatic rings.